The second-order valence-electron chi connectivity index (χ2n) is 6.12. The smallest absolute Gasteiger partial charge is 0.272 e. The summed E-state index contributed by atoms with van der Waals surface area (Å²) in [5.41, 5.74) is 1.54. The van der Waals surface area contributed by atoms with E-state index in [1.807, 2.05) is 17.0 Å². The quantitative estimate of drug-likeness (QED) is 0.636. The van der Waals surface area contributed by atoms with Crippen molar-refractivity contribution in [3.63, 3.8) is 0 Å². The molecule has 0 spiro atoms. The van der Waals surface area contributed by atoms with Crippen LogP contribution in [0, 0.1) is 15.9 Å². The van der Waals surface area contributed by atoms with Gasteiger partial charge in [0, 0.05) is 31.3 Å². The Morgan fingerprint density at radius 2 is 1.96 bits per heavy atom. The molecule has 0 aromatic heterocycles. The van der Waals surface area contributed by atoms with Crippen molar-refractivity contribution >= 4 is 23.0 Å². The second-order valence-corrected chi connectivity index (χ2v) is 6.12. The lowest BCUT2D eigenvalue weighted by molar-refractivity contribution is -0.385. The minimum Gasteiger partial charge on any atom is -0.353 e. The van der Waals surface area contributed by atoms with E-state index >= 15 is 0 Å². The third kappa shape index (κ3) is 4.12. The van der Waals surface area contributed by atoms with E-state index in [0.29, 0.717) is 18.3 Å². The van der Waals surface area contributed by atoms with Crippen molar-refractivity contribution < 1.29 is 14.1 Å². The van der Waals surface area contributed by atoms with E-state index in [1.165, 1.54) is 12.1 Å². The number of hydrogen-bond acceptors (Lipinski definition) is 4. The SMILES string of the molecule is CC(=O)N(Cc1ccc(Nc2ccc([N+](=O)[O-])cc2F)cc1)C1CC1. The van der Waals surface area contributed by atoms with Gasteiger partial charge >= 0.3 is 0 Å². The number of nitro groups is 1. The average molecular weight is 343 g/mol. The minimum atomic E-state index is -0.685. The van der Waals surface area contributed by atoms with Gasteiger partial charge in [0.25, 0.3) is 5.69 Å². The Bertz CT molecular complexity index is 804. The van der Waals surface area contributed by atoms with Crippen molar-refractivity contribution in [3.05, 3.63) is 64.0 Å². The molecule has 0 radical (unpaired) electrons. The molecule has 3 rings (SSSR count). The minimum absolute atomic E-state index is 0.0673. The Labute approximate surface area is 144 Å². The highest BCUT2D eigenvalue weighted by Crippen LogP contribution is 2.29. The van der Waals surface area contributed by atoms with E-state index in [-0.39, 0.29) is 17.3 Å². The van der Waals surface area contributed by atoms with Gasteiger partial charge in [0.05, 0.1) is 16.7 Å². The van der Waals surface area contributed by atoms with Gasteiger partial charge in [-0.2, -0.15) is 0 Å². The normalized spacial score (nSPS) is 13.4. The van der Waals surface area contributed by atoms with E-state index in [0.717, 1.165) is 24.5 Å². The number of hydrogen-bond donors (Lipinski definition) is 1. The Morgan fingerprint density at radius 3 is 2.48 bits per heavy atom. The molecule has 1 aliphatic rings. The molecule has 0 aliphatic heterocycles. The van der Waals surface area contributed by atoms with E-state index in [9.17, 15) is 19.3 Å². The number of rotatable bonds is 6. The molecular formula is C18H18FN3O3. The highest BCUT2D eigenvalue weighted by Gasteiger charge is 2.30. The van der Waals surface area contributed by atoms with Gasteiger partial charge in [-0.15, -0.1) is 0 Å². The molecule has 1 saturated carbocycles. The van der Waals surface area contributed by atoms with Gasteiger partial charge in [0.15, 0.2) is 5.82 Å². The number of nitrogens with one attached hydrogen (secondary N) is 1. The molecule has 0 unspecified atom stereocenters. The van der Waals surface area contributed by atoms with E-state index in [2.05, 4.69) is 5.32 Å². The molecule has 130 valence electrons. The molecule has 2 aromatic rings. The monoisotopic (exact) mass is 343 g/mol. The fourth-order valence-electron chi connectivity index (χ4n) is 2.65. The molecule has 0 atom stereocenters. The first-order valence-corrected chi connectivity index (χ1v) is 8.01. The summed E-state index contributed by atoms with van der Waals surface area (Å²) in [6.45, 7) is 2.14. The van der Waals surface area contributed by atoms with Crippen LogP contribution >= 0.6 is 0 Å². The second kappa shape index (κ2) is 6.88. The summed E-state index contributed by atoms with van der Waals surface area (Å²) in [4.78, 5) is 23.5. The van der Waals surface area contributed by atoms with Gasteiger partial charge in [-0.3, -0.25) is 14.9 Å². The van der Waals surface area contributed by atoms with Crippen LogP contribution in [-0.4, -0.2) is 21.8 Å². The molecule has 0 bridgehead atoms. The van der Waals surface area contributed by atoms with E-state index in [1.54, 1.807) is 19.1 Å². The Kier molecular flexibility index (Phi) is 4.65. The van der Waals surface area contributed by atoms with Gasteiger partial charge in [-0.05, 0) is 36.6 Å². The summed E-state index contributed by atoms with van der Waals surface area (Å²) in [6.07, 6.45) is 2.11. The lowest BCUT2D eigenvalue weighted by Crippen LogP contribution is -2.30. The number of anilines is 2. The lowest BCUT2D eigenvalue weighted by atomic mass is 10.1. The van der Waals surface area contributed by atoms with Gasteiger partial charge < -0.3 is 10.2 Å². The number of nitrogens with zero attached hydrogens (tertiary/aromatic N) is 2. The molecule has 7 heteroatoms. The standard InChI is InChI=1S/C18H18FN3O3/c1-12(23)21(15-6-7-15)11-13-2-4-14(5-3-13)20-18-9-8-16(22(24)25)10-17(18)19/h2-5,8-10,15,20H,6-7,11H2,1H3. The van der Waals surface area contributed by atoms with Crippen molar-refractivity contribution in [2.45, 2.75) is 32.4 Å². The van der Waals surface area contributed by atoms with Gasteiger partial charge in [0.2, 0.25) is 5.91 Å². The first kappa shape index (κ1) is 16.9. The zero-order valence-corrected chi connectivity index (χ0v) is 13.7. The fraction of sp³-hybridized carbons (Fsp3) is 0.278. The highest BCUT2D eigenvalue weighted by molar-refractivity contribution is 5.74. The number of carbonyl (C=O) groups is 1. The van der Waals surface area contributed by atoms with Crippen LogP contribution in [0.25, 0.3) is 0 Å². The summed E-state index contributed by atoms with van der Waals surface area (Å²) >= 11 is 0. The third-order valence-electron chi connectivity index (χ3n) is 4.14. The van der Waals surface area contributed by atoms with Gasteiger partial charge in [-0.25, -0.2) is 4.39 Å². The summed E-state index contributed by atoms with van der Waals surface area (Å²) in [7, 11) is 0. The number of nitro benzene ring substituents is 1. The van der Waals surface area contributed by atoms with Crippen LogP contribution in [0.2, 0.25) is 0 Å². The average Bonchev–Trinajstić information content (AvgIpc) is 3.40. The molecule has 1 N–H and O–H groups in total. The summed E-state index contributed by atoms with van der Waals surface area (Å²) < 4.78 is 13.9. The van der Waals surface area contributed by atoms with Crippen LogP contribution in [0.4, 0.5) is 21.5 Å². The van der Waals surface area contributed by atoms with Crippen molar-refractivity contribution in [2.75, 3.05) is 5.32 Å². The molecule has 6 nitrogen and oxygen atoms in total. The number of benzene rings is 2. The summed E-state index contributed by atoms with van der Waals surface area (Å²) in [5.74, 6) is -0.618. The summed E-state index contributed by atoms with van der Waals surface area (Å²) in [5, 5.41) is 13.5. The number of halogens is 1. The lowest BCUT2D eigenvalue weighted by Gasteiger charge is -2.20. The van der Waals surface area contributed by atoms with Crippen LogP contribution in [0.5, 0.6) is 0 Å². The molecule has 2 aromatic carbocycles. The van der Waals surface area contributed by atoms with Gasteiger partial charge in [-0.1, -0.05) is 12.1 Å². The van der Waals surface area contributed by atoms with E-state index in [4.69, 9.17) is 0 Å². The predicted molar refractivity (Wildman–Crippen MR) is 92.0 cm³/mol. The van der Waals surface area contributed by atoms with Crippen LogP contribution in [0.1, 0.15) is 25.3 Å². The predicted octanol–water partition coefficient (Wildman–Crippen LogP) is 3.99. The Balaban J connectivity index is 1.68. The number of amides is 1. The maximum atomic E-state index is 13.9. The van der Waals surface area contributed by atoms with Crippen LogP contribution < -0.4 is 5.32 Å². The molecule has 1 amide bonds. The maximum absolute atomic E-state index is 13.9. The van der Waals surface area contributed by atoms with Crippen molar-refractivity contribution in [3.8, 4) is 0 Å². The summed E-state index contributed by atoms with van der Waals surface area (Å²) in [6, 6.07) is 11.2. The van der Waals surface area contributed by atoms with Crippen molar-refractivity contribution in [2.24, 2.45) is 0 Å². The highest BCUT2D eigenvalue weighted by atomic mass is 19.1. The fourth-order valence-corrected chi connectivity index (χ4v) is 2.65. The van der Waals surface area contributed by atoms with Crippen LogP contribution in [0.15, 0.2) is 42.5 Å². The largest absolute Gasteiger partial charge is 0.353 e. The zero-order valence-electron chi connectivity index (χ0n) is 13.7. The molecule has 0 saturated heterocycles. The Hall–Kier alpha value is -2.96. The first-order valence-electron chi connectivity index (χ1n) is 8.01. The third-order valence-corrected chi connectivity index (χ3v) is 4.14. The van der Waals surface area contributed by atoms with Gasteiger partial charge in [0.1, 0.15) is 0 Å². The van der Waals surface area contributed by atoms with E-state index < -0.39 is 10.7 Å². The molecule has 25 heavy (non-hydrogen) atoms. The maximum Gasteiger partial charge on any atom is 0.272 e. The molecule has 1 aliphatic carbocycles. The van der Waals surface area contributed by atoms with Crippen LogP contribution in [-0.2, 0) is 11.3 Å². The molecular weight excluding hydrogens is 325 g/mol. The first-order chi connectivity index (χ1) is 11.9. The van der Waals surface area contributed by atoms with Crippen molar-refractivity contribution in [1.29, 1.82) is 0 Å². The molecule has 0 heterocycles. The number of non-ortho nitro benzene ring substituents is 1. The topological polar surface area (TPSA) is 75.5 Å². The Morgan fingerprint density at radius 1 is 1.28 bits per heavy atom. The van der Waals surface area contributed by atoms with Crippen molar-refractivity contribution in [1.82, 2.24) is 4.90 Å². The van der Waals surface area contributed by atoms with Crippen LogP contribution in [0.3, 0.4) is 0 Å². The number of carbonyl (C=O) groups excluding carboxylic acids is 1. The molecule has 1 fully saturated rings. The zero-order chi connectivity index (χ0) is 18.0.